The van der Waals surface area contributed by atoms with Gasteiger partial charge in [0.15, 0.2) is 0 Å². The van der Waals surface area contributed by atoms with Crippen LogP contribution in [0.3, 0.4) is 0 Å². The Hall–Kier alpha value is -3.37. The SMILES string of the molecule is CCOC1CC(n2cc(NC(=O)c3csc(-c4cnn(C)c4)n3)c(-c3ccccn3)n2)C1. The van der Waals surface area contributed by atoms with Gasteiger partial charge in [-0.25, -0.2) is 4.98 Å². The van der Waals surface area contributed by atoms with Gasteiger partial charge < -0.3 is 10.1 Å². The number of pyridine rings is 1. The molecule has 4 aromatic heterocycles. The molecule has 4 heterocycles. The van der Waals surface area contributed by atoms with E-state index < -0.39 is 0 Å². The van der Waals surface area contributed by atoms with Crippen molar-refractivity contribution in [3.05, 3.63) is 54.1 Å². The quantitative estimate of drug-likeness (QED) is 0.461. The smallest absolute Gasteiger partial charge is 0.275 e. The van der Waals surface area contributed by atoms with Crippen molar-refractivity contribution in [1.82, 2.24) is 29.5 Å². The number of thiazole rings is 1. The second kappa shape index (κ2) is 8.64. The highest BCUT2D eigenvalue weighted by Crippen LogP contribution is 2.37. The summed E-state index contributed by atoms with van der Waals surface area (Å²) in [6, 6.07) is 5.89. The Morgan fingerprint density at radius 1 is 1.31 bits per heavy atom. The Balaban J connectivity index is 1.38. The molecule has 1 fully saturated rings. The minimum Gasteiger partial charge on any atom is -0.378 e. The van der Waals surface area contributed by atoms with Crippen molar-refractivity contribution in [2.45, 2.75) is 31.9 Å². The van der Waals surface area contributed by atoms with E-state index in [4.69, 9.17) is 9.84 Å². The van der Waals surface area contributed by atoms with Crippen molar-refractivity contribution >= 4 is 22.9 Å². The van der Waals surface area contributed by atoms with Crippen molar-refractivity contribution < 1.29 is 9.53 Å². The predicted octanol–water partition coefficient (Wildman–Crippen LogP) is 3.79. The second-order valence-electron chi connectivity index (χ2n) is 7.68. The van der Waals surface area contributed by atoms with Crippen LogP contribution in [0.15, 0.2) is 48.4 Å². The summed E-state index contributed by atoms with van der Waals surface area (Å²) in [5.74, 6) is -0.283. The van der Waals surface area contributed by atoms with Crippen LogP contribution in [0.5, 0.6) is 0 Å². The maximum atomic E-state index is 13.0. The molecule has 5 rings (SSSR count). The summed E-state index contributed by atoms with van der Waals surface area (Å²) >= 11 is 1.41. The fourth-order valence-corrected chi connectivity index (χ4v) is 4.49. The number of hydrogen-bond donors (Lipinski definition) is 1. The topological polar surface area (TPSA) is 99.8 Å². The fraction of sp³-hybridized carbons (Fsp3) is 0.318. The Kier molecular flexibility index (Phi) is 5.54. The Bertz CT molecular complexity index is 1220. The Morgan fingerprint density at radius 3 is 2.91 bits per heavy atom. The summed E-state index contributed by atoms with van der Waals surface area (Å²) in [6.45, 7) is 2.72. The van der Waals surface area contributed by atoms with Gasteiger partial charge in [-0.1, -0.05) is 6.07 Å². The summed E-state index contributed by atoms with van der Waals surface area (Å²) in [4.78, 5) is 21.9. The van der Waals surface area contributed by atoms with Gasteiger partial charge in [-0.05, 0) is 31.9 Å². The van der Waals surface area contributed by atoms with E-state index in [1.165, 1.54) is 11.3 Å². The molecule has 10 heteroatoms. The van der Waals surface area contributed by atoms with Gasteiger partial charge in [-0.3, -0.25) is 19.1 Å². The van der Waals surface area contributed by atoms with Gasteiger partial charge in [-0.15, -0.1) is 11.3 Å². The number of carbonyl (C=O) groups excluding carboxylic acids is 1. The summed E-state index contributed by atoms with van der Waals surface area (Å²) < 4.78 is 9.30. The zero-order valence-electron chi connectivity index (χ0n) is 17.8. The van der Waals surface area contributed by atoms with Gasteiger partial charge in [-0.2, -0.15) is 10.2 Å². The Labute approximate surface area is 189 Å². The standard InChI is InChI=1S/C22H23N7O2S/c1-3-31-16-8-15(9-16)29-12-18(20(27-29)17-6-4-5-7-23-17)25-21(30)19-13-32-22(26-19)14-10-24-28(2)11-14/h4-7,10-13,15-16H,3,8-9H2,1-2H3,(H,25,30). The largest absolute Gasteiger partial charge is 0.378 e. The number of nitrogens with one attached hydrogen (secondary N) is 1. The minimum absolute atomic E-state index is 0.246. The number of rotatable bonds is 7. The first-order valence-corrected chi connectivity index (χ1v) is 11.4. The maximum absolute atomic E-state index is 13.0. The molecule has 9 nitrogen and oxygen atoms in total. The van der Waals surface area contributed by atoms with E-state index in [1.807, 2.05) is 49.2 Å². The summed E-state index contributed by atoms with van der Waals surface area (Å²) in [6.07, 6.45) is 9.29. The molecule has 164 valence electrons. The minimum atomic E-state index is -0.283. The van der Waals surface area contributed by atoms with Crippen molar-refractivity contribution in [3.8, 4) is 22.0 Å². The maximum Gasteiger partial charge on any atom is 0.275 e. The van der Waals surface area contributed by atoms with Crippen LogP contribution in [0.1, 0.15) is 36.3 Å². The summed E-state index contributed by atoms with van der Waals surface area (Å²) in [7, 11) is 1.85. The number of hydrogen-bond acceptors (Lipinski definition) is 7. The van der Waals surface area contributed by atoms with Crippen molar-refractivity contribution in [2.24, 2.45) is 7.05 Å². The summed E-state index contributed by atoms with van der Waals surface area (Å²) in [5.41, 5.74) is 3.20. The third-order valence-electron chi connectivity index (χ3n) is 5.42. The van der Waals surface area contributed by atoms with Crippen LogP contribution < -0.4 is 5.32 Å². The first-order chi connectivity index (χ1) is 15.6. The van der Waals surface area contributed by atoms with Gasteiger partial charge in [0.05, 0.1) is 29.7 Å². The lowest BCUT2D eigenvalue weighted by molar-refractivity contribution is -0.0226. The normalized spacial score (nSPS) is 17.8. The molecule has 0 atom stereocenters. The highest BCUT2D eigenvalue weighted by Gasteiger charge is 2.32. The van der Waals surface area contributed by atoms with Crippen LogP contribution >= 0.6 is 11.3 Å². The van der Waals surface area contributed by atoms with Crippen LogP contribution in [0, 0.1) is 0 Å². The van der Waals surface area contributed by atoms with E-state index in [0.29, 0.717) is 29.4 Å². The zero-order chi connectivity index (χ0) is 22.1. The monoisotopic (exact) mass is 449 g/mol. The molecular weight excluding hydrogens is 426 g/mol. The number of aryl methyl sites for hydroxylation is 1. The number of ether oxygens (including phenoxy) is 1. The van der Waals surface area contributed by atoms with Crippen LogP contribution in [-0.2, 0) is 11.8 Å². The molecule has 1 N–H and O–H groups in total. The first kappa shape index (κ1) is 20.5. The van der Waals surface area contributed by atoms with E-state index in [0.717, 1.165) is 23.4 Å². The van der Waals surface area contributed by atoms with Gasteiger partial charge in [0, 0.05) is 43.2 Å². The molecule has 0 aliphatic heterocycles. The molecular formula is C22H23N7O2S. The van der Waals surface area contributed by atoms with Crippen LogP contribution in [0.4, 0.5) is 5.69 Å². The van der Waals surface area contributed by atoms with E-state index in [1.54, 1.807) is 22.5 Å². The van der Waals surface area contributed by atoms with E-state index in [9.17, 15) is 4.79 Å². The Morgan fingerprint density at radius 2 is 2.19 bits per heavy atom. The molecule has 1 aliphatic carbocycles. The highest BCUT2D eigenvalue weighted by molar-refractivity contribution is 7.13. The van der Waals surface area contributed by atoms with Crippen molar-refractivity contribution in [1.29, 1.82) is 0 Å². The van der Waals surface area contributed by atoms with Crippen LogP contribution in [0.25, 0.3) is 22.0 Å². The molecule has 0 saturated heterocycles. The molecule has 1 amide bonds. The lowest BCUT2D eigenvalue weighted by Crippen LogP contribution is -2.33. The molecule has 4 aromatic rings. The molecule has 0 unspecified atom stereocenters. The van der Waals surface area contributed by atoms with E-state index in [-0.39, 0.29) is 18.1 Å². The second-order valence-corrected chi connectivity index (χ2v) is 8.54. The van der Waals surface area contributed by atoms with Crippen molar-refractivity contribution in [2.75, 3.05) is 11.9 Å². The number of aromatic nitrogens is 6. The predicted molar refractivity (Wildman–Crippen MR) is 121 cm³/mol. The van der Waals surface area contributed by atoms with Gasteiger partial charge in [0.1, 0.15) is 16.4 Å². The third kappa shape index (κ3) is 4.06. The average molecular weight is 450 g/mol. The van der Waals surface area contributed by atoms with Crippen LogP contribution in [-0.4, -0.2) is 48.1 Å². The lowest BCUT2D eigenvalue weighted by Gasteiger charge is -2.34. The third-order valence-corrected chi connectivity index (χ3v) is 6.31. The first-order valence-electron chi connectivity index (χ1n) is 10.5. The molecule has 1 aliphatic rings. The van der Waals surface area contributed by atoms with E-state index >= 15 is 0 Å². The van der Waals surface area contributed by atoms with Gasteiger partial charge in [0.2, 0.25) is 0 Å². The summed E-state index contributed by atoms with van der Waals surface area (Å²) in [5, 5.41) is 14.4. The molecule has 1 saturated carbocycles. The number of anilines is 1. The average Bonchev–Trinajstić information content (AvgIpc) is 3.50. The molecule has 0 aromatic carbocycles. The van der Waals surface area contributed by atoms with E-state index in [2.05, 4.69) is 20.4 Å². The number of amides is 1. The fourth-order valence-electron chi connectivity index (χ4n) is 3.72. The lowest BCUT2D eigenvalue weighted by atomic mass is 9.89. The van der Waals surface area contributed by atoms with Crippen LogP contribution in [0.2, 0.25) is 0 Å². The molecule has 0 radical (unpaired) electrons. The number of nitrogens with zero attached hydrogens (tertiary/aromatic N) is 6. The molecule has 0 bridgehead atoms. The molecule has 0 spiro atoms. The number of carbonyl (C=O) groups is 1. The van der Waals surface area contributed by atoms with Gasteiger partial charge >= 0.3 is 0 Å². The molecule has 32 heavy (non-hydrogen) atoms. The van der Waals surface area contributed by atoms with Gasteiger partial charge in [0.25, 0.3) is 5.91 Å². The van der Waals surface area contributed by atoms with Crippen molar-refractivity contribution in [3.63, 3.8) is 0 Å². The zero-order valence-corrected chi connectivity index (χ0v) is 18.6. The highest BCUT2D eigenvalue weighted by atomic mass is 32.1.